The van der Waals surface area contributed by atoms with Crippen molar-refractivity contribution in [3.63, 3.8) is 0 Å². The first-order valence-corrected chi connectivity index (χ1v) is 11.2. The molecule has 33 heavy (non-hydrogen) atoms. The Hall–Kier alpha value is -3.86. The summed E-state index contributed by atoms with van der Waals surface area (Å²) in [4.78, 5) is 12.8. The Balaban J connectivity index is 1.39. The topological polar surface area (TPSA) is 56.1 Å². The van der Waals surface area contributed by atoms with Crippen LogP contribution in [0.5, 0.6) is 5.75 Å². The van der Waals surface area contributed by atoms with Crippen LogP contribution in [0.3, 0.4) is 0 Å². The summed E-state index contributed by atoms with van der Waals surface area (Å²) >= 11 is 0. The maximum Gasteiger partial charge on any atom is 0.251 e. The number of nitrogens with zero attached hydrogens (tertiary/aromatic N) is 2. The van der Waals surface area contributed by atoms with Gasteiger partial charge in [-0.15, -0.1) is 0 Å². The third-order valence-electron chi connectivity index (χ3n) is 5.79. The quantitative estimate of drug-likeness (QED) is 0.391. The van der Waals surface area contributed by atoms with Crippen LogP contribution in [0.1, 0.15) is 45.4 Å². The van der Waals surface area contributed by atoms with Crippen LogP contribution >= 0.6 is 0 Å². The fourth-order valence-electron chi connectivity index (χ4n) is 3.81. The van der Waals surface area contributed by atoms with Gasteiger partial charge < -0.3 is 10.1 Å². The van der Waals surface area contributed by atoms with Crippen LogP contribution in [0.15, 0.2) is 78.9 Å². The van der Waals surface area contributed by atoms with Crippen molar-refractivity contribution in [2.75, 3.05) is 0 Å². The summed E-state index contributed by atoms with van der Waals surface area (Å²) in [6.45, 7) is 6.96. The van der Waals surface area contributed by atoms with Crippen LogP contribution in [0.25, 0.3) is 5.69 Å². The molecule has 4 aromatic rings. The molecule has 1 aromatic heterocycles. The van der Waals surface area contributed by atoms with Gasteiger partial charge in [-0.1, -0.05) is 49.4 Å². The lowest BCUT2D eigenvalue weighted by Crippen LogP contribution is -2.23. The van der Waals surface area contributed by atoms with Crippen LogP contribution in [0.2, 0.25) is 0 Å². The number of amides is 1. The molecule has 0 spiro atoms. The van der Waals surface area contributed by atoms with Crippen LogP contribution in [0.4, 0.5) is 0 Å². The Morgan fingerprint density at radius 1 is 0.939 bits per heavy atom. The second-order valence-electron chi connectivity index (χ2n) is 8.07. The molecule has 4 rings (SSSR count). The number of para-hydroxylation sites is 1. The van der Waals surface area contributed by atoms with Crippen molar-refractivity contribution in [1.29, 1.82) is 0 Å². The highest BCUT2D eigenvalue weighted by molar-refractivity contribution is 5.94. The molecule has 5 nitrogen and oxygen atoms in total. The van der Waals surface area contributed by atoms with E-state index < -0.39 is 0 Å². The highest BCUT2D eigenvalue weighted by Gasteiger charge is 2.14. The van der Waals surface area contributed by atoms with Crippen molar-refractivity contribution in [1.82, 2.24) is 15.1 Å². The maximum atomic E-state index is 12.8. The lowest BCUT2D eigenvalue weighted by molar-refractivity contribution is 0.0950. The van der Waals surface area contributed by atoms with Gasteiger partial charge in [-0.25, -0.2) is 4.68 Å². The third kappa shape index (κ3) is 5.32. The molecule has 0 aliphatic carbocycles. The average Bonchev–Trinajstić information content (AvgIpc) is 3.15. The summed E-state index contributed by atoms with van der Waals surface area (Å²) in [5, 5.41) is 7.70. The summed E-state index contributed by atoms with van der Waals surface area (Å²) in [5.41, 5.74) is 6.81. The number of ether oxygens (including phenoxy) is 1. The Morgan fingerprint density at radius 3 is 2.42 bits per heavy atom. The number of hydrogen-bond donors (Lipinski definition) is 1. The molecule has 0 aliphatic heterocycles. The SMILES string of the molecule is CCc1ccc(OCc2cccc(C(=O)NCc3c(C)nn(-c4ccccc4)c3C)c2)cc1. The maximum absolute atomic E-state index is 12.8. The van der Waals surface area contributed by atoms with Crippen molar-refractivity contribution in [3.05, 3.63) is 113 Å². The van der Waals surface area contributed by atoms with E-state index in [1.165, 1.54) is 5.56 Å². The van der Waals surface area contributed by atoms with Gasteiger partial charge >= 0.3 is 0 Å². The van der Waals surface area contributed by atoms with E-state index in [0.717, 1.165) is 40.4 Å². The molecular formula is C28H29N3O2. The summed E-state index contributed by atoms with van der Waals surface area (Å²) < 4.78 is 7.81. The Labute approximate surface area is 195 Å². The predicted molar refractivity (Wildman–Crippen MR) is 131 cm³/mol. The number of nitrogens with one attached hydrogen (secondary N) is 1. The van der Waals surface area contributed by atoms with E-state index in [-0.39, 0.29) is 5.91 Å². The Morgan fingerprint density at radius 2 is 1.70 bits per heavy atom. The van der Waals surface area contributed by atoms with Crippen molar-refractivity contribution in [2.45, 2.75) is 40.3 Å². The van der Waals surface area contributed by atoms with E-state index in [1.54, 1.807) is 0 Å². The van der Waals surface area contributed by atoms with Gasteiger partial charge in [0.15, 0.2) is 0 Å². The molecule has 1 amide bonds. The Kier molecular flexibility index (Phi) is 6.89. The van der Waals surface area contributed by atoms with Gasteiger partial charge in [-0.05, 0) is 67.8 Å². The van der Waals surface area contributed by atoms with Gasteiger partial charge in [0.1, 0.15) is 12.4 Å². The fraction of sp³-hybridized carbons (Fsp3) is 0.214. The van der Waals surface area contributed by atoms with Crippen LogP contribution in [-0.2, 0) is 19.6 Å². The normalized spacial score (nSPS) is 10.8. The molecule has 168 valence electrons. The lowest BCUT2D eigenvalue weighted by atomic mass is 10.1. The molecule has 5 heteroatoms. The number of carbonyl (C=O) groups excluding carboxylic acids is 1. The van der Waals surface area contributed by atoms with Crippen molar-refractivity contribution in [3.8, 4) is 11.4 Å². The summed E-state index contributed by atoms with van der Waals surface area (Å²) in [7, 11) is 0. The highest BCUT2D eigenvalue weighted by Crippen LogP contribution is 2.18. The first kappa shape index (κ1) is 22.3. The van der Waals surface area contributed by atoms with Gasteiger partial charge in [0.25, 0.3) is 5.91 Å². The predicted octanol–water partition coefficient (Wildman–Crippen LogP) is 5.56. The monoisotopic (exact) mass is 439 g/mol. The minimum absolute atomic E-state index is 0.115. The van der Waals surface area contributed by atoms with Crippen molar-refractivity contribution < 1.29 is 9.53 Å². The lowest BCUT2D eigenvalue weighted by Gasteiger charge is -2.10. The van der Waals surface area contributed by atoms with Gasteiger partial charge in [0.05, 0.1) is 11.4 Å². The number of rotatable bonds is 8. The van der Waals surface area contributed by atoms with Crippen LogP contribution < -0.4 is 10.1 Å². The zero-order valence-corrected chi connectivity index (χ0v) is 19.3. The molecular weight excluding hydrogens is 410 g/mol. The zero-order chi connectivity index (χ0) is 23.2. The minimum atomic E-state index is -0.115. The standard InChI is InChI=1S/C28H29N3O2/c1-4-22-13-15-26(16-14-22)33-19-23-9-8-10-24(17-23)28(32)29-18-27-20(2)30-31(21(27)3)25-11-6-5-7-12-25/h5-17H,4,18-19H2,1-3H3,(H,29,32). The molecule has 0 atom stereocenters. The van der Waals surface area contributed by atoms with E-state index in [4.69, 9.17) is 4.74 Å². The second-order valence-corrected chi connectivity index (χ2v) is 8.07. The van der Waals surface area contributed by atoms with Gasteiger partial charge in [-0.2, -0.15) is 5.10 Å². The second kappa shape index (κ2) is 10.2. The van der Waals surface area contributed by atoms with E-state index in [1.807, 2.05) is 85.3 Å². The van der Waals surface area contributed by atoms with Gasteiger partial charge in [0.2, 0.25) is 0 Å². The minimum Gasteiger partial charge on any atom is -0.489 e. The first-order valence-electron chi connectivity index (χ1n) is 11.2. The third-order valence-corrected chi connectivity index (χ3v) is 5.79. The molecule has 0 saturated carbocycles. The van der Waals surface area contributed by atoms with E-state index >= 15 is 0 Å². The number of aromatic nitrogens is 2. The molecule has 1 N–H and O–H groups in total. The number of aryl methyl sites for hydroxylation is 2. The molecule has 3 aromatic carbocycles. The van der Waals surface area contributed by atoms with E-state index in [9.17, 15) is 4.79 Å². The number of carbonyl (C=O) groups is 1. The number of hydrogen-bond acceptors (Lipinski definition) is 3. The molecule has 0 saturated heterocycles. The molecule has 0 radical (unpaired) electrons. The fourth-order valence-corrected chi connectivity index (χ4v) is 3.81. The zero-order valence-electron chi connectivity index (χ0n) is 19.3. The largest absolute Gasteiger partial charge is 0.489 e. The van der Waals surface area contributed by atoms with E-state index in [2.05, 4.69) is 29.5 Å². The number of benzene rings is 3. The highest BCUT2D eigenvalue weighted by atomic mass is 16.5. The van der Waals surface area contributed by atoms with E-state index in [0.29, 0.717) is 18.7 Å². The average molecular weight is 440 g/mol. The van der Waals surface area contributed by atoms with Crippen LogP contribution in [-0.4, -0.2) is 15.7 Å². The summed E-state index contributed by atoms with van der Waals surface area (Å²) in [6.07, 6.45) is 1.00. The Bertz CT molecular complexity index is 1230. The smallest absolute Gasteiger partial charge is 0.251 e. The molecule has 0 unspecified atom stereocenters. The molecule has 0 aliphatic rings. The van der Waals surface area contributed by atoms with Crippen LogP contribution in [0, 0.1) is 13.8 Å². The first-order chi connectivity index (χ1) is 16.0. The van der Waals surface area contributed by atoms with Crippen molar-refractivity contribution >= 4 is 5.91 Å². The molecule has 0 bridgehead atoms. The van der Waals surface area contributed by atoms with Gasteiger partial charge in [0, 0.05) is 23.4 Å². The van der Waals surface area contributed by atoms with Crippen molar-refractivity contribution in [2.24, 2.45) is 0 Å². The summed E-state index contributed by atoms with van der Waals surface area (Å²) in [6, 6.07) is 25.7. The van der Waals surface area contributed by atoms with Gasteiger partial charge in [-0.3, -0.25) is 4.79 Å². The molecule has 0 fully saturated rings. The summed E-state index contributed by atoms with van der Waals surface area (Å²) in [5.74, 6) is 0.707. The molecule has 1 heterocycles.